The second-order valence-corrected chi connectivity index (χ2v) is 4.32. The van der Waals surface area contributed by atoms with Crippen molar-refractivity contribution in [3.8, 4) is 0 Å². The first-order valence-electron chi connectivity index (χ1n) is 7.00. The Morgan fingerprint density at radius 1 is 1.14 bits per heavy atom. The average molecular weight is 302 g/mol. The third kappa shape index (κ3) is 10.7. The Balaban J connectivity index is 4.07. The third-order valence-electron chi connectivity index (χ3n) is 2.67. The Kier molecular flexibility index (Phi) is 11.0. The maximum atomic E-state index is 11.2. The predicted octanol–water partition coefficient (Wildman–Crippen LogP) is 1.19. The molecule has 0 rings (SSSR count). The first-order valence-corrected chi connectivity index (χ1v) is 7.00. The Morgan fingerprint density at radius 2 is 1.81 bits per heavy atom. The number of amides is 1. The summed E-state index contributed by atoms with van der Waals surface area (Å²) in [6.07, 6.45) is 0.718. The lowest BCUT2D eigenvalue weighted by Crippen LogP contribution is -2.31. The Labute approximate surface area is 126 Å². The minimum atomic E-state index is -0.530. The number of carbonyl (C=O) groups is 2. The fourth-order valence-corrected chi connectivity index (χ4v) is 1.35. The number of ketones is 1. The Hall–Kier alpha value is -1.76. The smallest absolute Gasteiger partial charge is 0.406 e. The van der Waals surface area contributed by atoms with Gasteiger partial charge in [0.1, 0.15) is 25.1 Å². The molecule has 0 aliphatic carbocycles. The van der Waals surface area contributed by atoms with E-state index < -0.39 is 12.2 Å². The molecular weight excluding hydrogens is 276 g/mol. The van der Waals surface area contributed by atoms with Gasteiger partial charge in [0.25, 0.3) is 0 Å². The van der Waals surface area contributed by atoms with Crippen molar-refractivity contribution in [1.82, 2.24) is 10.6 Å². The number of alkyl carbamates (subject to hydrolysis) is 1. The van der Waals surface area contributed by atoms with Crippen LogP contribution in [0.5, 0.6) is 0 Å². The molecule has 0 bridgehead atoms. The summed E-state index contributed by atoms with van der Waals surface area (Å²) in [5.74, 6) is 0.612. The molecule has 0 aromatic rings. The lowest BCUT2D eigenvalue weighted by molar-refractivity contribution is -0.119. The van der Waals surface area contributed by atoms with Crippen LogP contribution in [-0.2, 0) is 19.0 Å². The molecule has 0 heterocycles. The summed E-state index contributed by atoms with van der Waals surface area (Å²) in [4.78, 5) is 22.3. The molecule has 2 N–H and O–H groups in total. The van der Waals surface area contributed by atoms with Gasteiger partial charge in [-0.05, 0) is 13.0 Å². The fraction of sp³-hybridized carbons (Fsp3) is 0.714. The van der Waals surface area contributed by atoms with Crippen LogP contribution in [0.3, 0.4) is 0 Å². The third-order valence-corrected chi connectivity index (χ3v) is 2.67. The number of hydrogen-bond acceptors (Lipinski definition) is 6. The normalized spacial score (nSPS) is 11.4. The average Bonchev–Trinajstić information content (AvgIpc) is 2.51. The Bertz CT molecular complexity index is 313. The van der Waals surface area contributed by atoms with E-state index in [0.29, 0.717) is 31.8 Å². The van der Waals surface area contributed by atoms with Crippen LogP contribution < -0.4 is 10.6 Å². The van der Waals surface area contributed by atoms with Crippen LogP contribution in [0.4, 0.5) is 4.79 Å². The first-order chi connectivity index (χ1) is 10.0. The van der Waals surface area contributed by atoms with Crippen LogP contribution in [0.1, 0.15) is 26.2 Å². The zero-order valence-corrected chi connectivity index (χ0v) is 13.1. The van der Waals surface area contributed by atoms with E-state index in [1.165, 1.54) is 7.05 Å². The standard InChI is InChI=1S/C14H26N2O5/c1-5-12(17)7-6-8-19-13(9-20-11(2)15-3)10-21-14(18)16-4/h13,15H,2,5-10H2,1,3-4H3,(H,16,18). The van der Waals surface area contributed by atoms with E-state index in [-0.39, 0.29) is 19.0 Å². The minimum Gasteiger partial charge on any atom is -0.477 e. The van der Waals surface area contributed by atoms with E-state index in [4.69, 9.17) is 14.2 Å². The van der Waals surface area contributed by atoms with E-state index in [9.17, 15) is 9.59 Å². The van der Waals surface area contributed by atoms with Crippen LogP contribution >= 0.6 is 0 Å². The SMILES string of the molecule is C=C(NC)OCC(COC(=O)NC)OCCCC(=O)CC. The van der Waals surface area contributed by atoms with Crippen molar-refractivity contribution in [2.24, 2.45) is 0 Å². The summed E-state index contributed by atoms with van der Waals surface area (Å²) < 4.78 is 15.8. The number of rotatable bonds is 12. The summed E-state index contributed by atoms with van der Waals surface area (Å²) in [5, 5.41) is 5.10. The summed E-state index contributed by atoms with van der Waals surface area (Å²) in [5.41, 5.74) is 0. The van der Waals surface area contributed by atoms with Crippen LogP contribution in [0.25, 0.3) is 0 Å². The van der Waals surface area contributed by atoms with Gasteiger partial charge in [-0.2, -0.15) is 0 Å². The number of Topliss-reactive ketones (excluding diaryl/α,β-unsaturated/α-hetero) is 1. The summed E-state index contributed by atoms with van der Waals surface area (Å²) in [7, 11) is 3.17. The first kappa shape index (κ1) is 19.2. The highest BCUT2D eigenvalue weighted by atomic mass is 16.6. The van der Waals surface area contributed by atoms with Gasteiger partial charge in [0.2, 0.25) is 0 Å². The molecule has 0 aliphatic rings. The maximum absolute atomic E-state index is 11.2. The van der Waals surface area contributed by atoms with Crippen LogP contribution in [0, 0.1) is 0 Å². The molecular formula is C14H26N2O5. The summed E-state index contributed by atoms with van der Waals surface area (Å²) in [6, 6.07) is 0. The van der Waals surface area contributed by atoms with Crippen LogP contribution in [-0.4, -0.2) is 51.9 Å². The van der Waals surface area contributed by atoms with Crippen LogP contribution in [0.15, 0.2) is 12.5 Å². The van der Waals surface area contributed by atoms with Gasteiger partial charge in [-0.15, -0.1) is 0 Å². The molecule has 122 valence electrons. The highest BCUT2D eigenvalue weighted by Gasteiger charge is 2.13. The lowest BCUT2D eigenvalue weighted by atomic mass is 10.2. The molecule has 7 nitrogen and oxygen atoms in total. The molecule has 1 unspecified atom stereocenters. The lowest BCUT2D eigenvalue weighted by Gasteiger charge is -2.19. The molecule has 0 saturated carbocycles. The number of carbonyl (C=O) groups excluding carboxylic acids is 2. The fourth-order valence-electron chi connectivity index (χ4n) is 1.35. The monoisotopic (exact) mass is 302 g/mol. The highest BCUT2D eigenvalue weighted by molar-refractivity contribution is 5.77. The quantitative estimate of drug-likeness (QED) is 0.416. The van der Waals surface area contributed by atoms with Crippen molar-refractivity contribution in [2.45, 2.75) is 32.3 Å². The second-order valence-electron chi connectivity index (χ2n) is 4.32. The maximum Gasteiger partial charge on any atom is 0.406 e. The minimum absolute atomic E-state index is 0.0678. The molecule has 21 heavy (non-hydrogen) atoms. The van der Waals surface area contributed by atoms with Crippen molar-refractivity contribution < 1.29 is 23.8 Å². The molecule has 0 spiro atoms. The number of ether oxygens (including phenoxy) is 3. The van der Waals surface area contributed by atoms with Gasteiger partial charge >= 0.3 is 6.09 Å². The molecule has 1 amide bonds. The van der Waals surface area contributed by atoms with Gasteiger partial charge in [-0.25, -0.2) is 4.79 Å². The Morgan fingerprint density at radius 3 is 2.38 bits per heavy atom. The number of hydrogen-bond donors (Lipinski definition) is 2. The predicted molar refractivity (Wildman–Crippen MR) is 78.8 cm³/mol. The van der Waals surface area contributed by atoms with Crippen molar-refractivity contribution in [2.75, 3.05) is 33.9 Å². The molecule has 0 radical (unpaired) electrons. The number of nitrogens with one attached hydrogen (secondary N) is 2. The molecule has 0 aliphatic heterocycles. The van der Waals surface area contributed by atoms with Gasteiger partial charge in [0.15, 0.2) is 5.88 Å². The molecule has 7 heteroatoms. The molecule has 0 aromatic heterocycles. The molecule has 1 atom stereocenters. The van der Waals surface area contributed by atoms with Crippen molar-refractivity contribution in [1.29, 1.82) is 0 Å². The van der Waals surface area contributed by atoms with Crippen molar-refractivity contribution >= 4 is 11.9 Å². The molecule has 0 saturated heterocycles. The van der Waals surface area contributed by atoms with Gasteiger partial charge in [0.05, 0.1) is 0 Å². The van der Waals surface area contributed by atoms with E-state index in [1.54, 1.807) is 7.05 Å². The second kappa shape index (κ2) is 12.0. The van der Waals surface area contributed by atoms with E-state index in [0.717, 1.165) is 0 Å². The van der Waals surface area contributed by atoms with E-state index >= 15 is 0 Å². The topological polar surface area (TPSA) is 85.9 Å². The largest absolute Gasteiger partial charge is 0.477 e. The van der Waals surface area contributed by atoms with E-state index in [2.05, 4.69) is 17.2 Å². The summed E-state index contributed by atoms with van der Waals surface area (Å²) in [6.45, 7) is 6.15. The molecule has 0 fully saturated rings. The highest BCUT2D eigenvalue weighted by Crippen LogP contribution is 2.02. The zero-order chi connectivity index (χ0) is 16.1. The zero-order valence-electron chi connectivity index (χ0n) is 13.1. The van der Waals surface area contributed by atoms with Crippen molar-refractivity contribution in [3.05, 3.63) is 12.5 Å². The molecule has 0 aromatic carbocycles. The van der Waals surface area contributed by atoms with E-state index in [1.807, 2.05) is 6.92 Å². The van der Waals surface area contributed by atoms with Gasteiger partial charge in [-0.1, -0.05) is 6.92 Å². The van der Waals surface area contributed by atoms with Gasteiger partial charge in [0, 0.05) is 33.5 Å². The van der Waals surface area contributed by atoms with Gasteiger partial charge < -0.3 is 24.8 Å². The van der Waals surface area contributed by atoms with Gasteiger partial charge in [-0.3, -0.25) is 4.79 Å². The van der Waals surface area contributed by atoms with Crippen LogP contribution in [0.2, 0.25) is 0 Å². The summed E-state index contributed by atoms with van der Waals surface area (Å²) >= 11 is 0. The van der Waals surface area contributed by atoms with Crippen molar-refractivity contribution in [3.63, 3.8) is 0 Å².